The van der Waals surface area contributed by atoms with Gasteiger partial charge in [0.05, 0.1) is 17.7 Å². The molecule has 0 aliphatic heterocycles. The van der Waals surface area contributed by atoms with Crippen LogP contribution in [0.1, 0.15) is 12.2 Å². The lowest BCUT2D eigenvalue weighted by molar-refractivity contribution is -0.115. The lowest BCUT2D eigenvalue weighted by Crippen LogP contribution is -2.13. The molecule has 2 rings (SSSR count). The van der Waals surface area contributed by atoms with Crippen LogP contribution in [-0.2, 0) is 10.5 Å². The highest BCUT2D eigenvalue weighted by molar-refractivity contribution is 7.98. The van der Waals surface area contributed by atoms with Gasteiger partial charge in [0.25, 0.3) is 0 Å². The molecule has 0 aliphatic carbocycles. The molecule has 0 saturated carbocycles. The highest BCUT2D eigenvalue weighted by Gasteiger charge is 2.07. The molecule has 2 aromatic rings. The minimum atomic E-state index is -0.490. The Morgan fingerprint density at radius 3 is 3.00 bits per heavy atom. The molecule has 0 bridgehead atoms. The molecule has 1 aromatic heterocycles. The molecule has 0 aliphatic rings. The van der Waals surface area contributed by atoms with Crippen LogP contribution in [0, 0.1) is 5.82 Å². The summed E-state index contributed by atoms with van der Waals surface area (Å²) >= 11 is 1.58. The van der Waals surface area contributed by atoms with Gasteiger partial charge in [0.1, 0.15) is 11.6 Å². The molecule has 1 amide bonds. The second-order valence-corrected chi connectivity index (χ2v) is 5.27. The monoisotopic (exact) mass is 294 g/mol. The van der Waals surface area contributed by atoms with E-state index in [1.54, 1.807) is 18.0 Å². The van der Waals surface area contributed by atoms with Gasteiger partial charge in [0.15, 0.2) is 0 Å². The van der Waals surface area contributed by atoms with Crippen molar-refractivity contribution in [3.63, 3.8) is 0 Å². The van der Waals surface area contributed by atoms with E-state index in [4.69, 9.17) is 10.2 Å². The fraction of sp³-hybridized carbons (Fsp3) is 0.214. The summed E-state index contributed by atoms with van der Waals surface area (Å²) in [4.78, 5) is 11.7. The summed E-state index contributed by atoms with van der Waals surface area (Å²) in [6.45, 7) is 0. The predicted molar refractivity (Wildman–Crippen MR) is 78.9 cm³/mol. The van der Waals surface area contributed by atoms with Crippen molar-refractivity contribution in [3.8, 4) is 0 Å². The van der Waals surface area contributed by atoms with Gasteiger partial charge in [-0.3, -0.25) is 4.79 Å². The SMILES string of the molecule is Nc1ccc(F)c(NC(=O)CCSCc2ccco2)c1. The Morgan fingerprint density at radius 1 is 1.40 bits per heavy atom. The van der Waals surface area contributed by atoms with E-state index < -0.39 is 5.82 Å². The number of anilines is 2. The number of rotatable bonds is 6. The molecular formula is C14H15FN2O2S. The van der Waals surface area contributed by atoms with Crippen LogP contribution in [0.5, 0.6) is 0 Å². The Kier molecular flexibility index (Phi) is 5.06. The first kappa shape index (κ1) is 14.5. The number of carbonyl (C=O) groups excluding carboxylic acids is 1. The maximum absolute atomic E-state index is 13.4. The van der Waals surface area contributed by atoms with E-state index in [0.717, 1.165) is 5.76 Å². The molecule has 0 spiro atoms. The van der Waals surface area contributed by atoms with Crippen molar-refractivity contribution in [1.82, 2.24) is 0 Å². The summed E-state index contributed by atoms with van der Waals surface area (Å²) in [6.07, 6.45) is 1.92. The first-order valence-corrected chi connectivity index (χ1v) is 7.25. The molecule has 0 fully saturated rings. The van der Waals surface area contributed by atoms with Crippen LogP contribution in [-0.4, -0.2) is 11.7 Å². The average Bonchev–Trinajstić information content (AvgIpc) is 2.92. The predicted octanol–water partition coefficient (Wildman–Crippen LogP) is 3.26. The van der Waals surface area contributed by atoms with Gasteiger partial charge in [0.2, 0.25) is 5.91 Å². The van der Waals surface area contributed by atoms with Crippen LogP contribution < -0.4 is 11.1 Å². The van der Waals surface area contributed by atoms with E-state index in [2.05, 4.69) is 5.32 Å². The third-order valence-corrected chi connectivity index (χ3v) is 3.54. The maximum atomic E-state index is 13.4. The number of halogens is 1. The number of nitrogens with one attached hydrogen (secondary N) is 1. The van der Waals surface area contributed by atoms with E-state index in [1.165, 1.54) is 18.2 Å². The summed E-state index contributed by atoms with van der Waals surface area (Å²) in [7, 11) is 0. The summed E-state index contributed by atoms with van der Waals surface area (Å²) in [5.74, 6) is 1.50. The standard InChI is InChI=1S/C14H15FN2O2S/c15-12-4-3-10(16)8-13(12)17-14(18)5-7-20-9-11-2-1-6-19-11/h1-4,6,8H,5,7,9,16H2,(H,17,18). The molecular weight excluding hydrogens is 279 g/mol. The van der Waals surface area contributed by atoms with Gasteiger partial charge in [-0.25, -0.2) is 4.39 Å². The second kappa shape index (κ2) is 7.00. The zero-order valence-corrected chi connectivity index (χ0v) is 11.6. The number of furan rings is 1. The number of nitrogen functional groups attached to an aromatic ring is 1. The average molecular weight is 294 g/mol. The summed E-state index contributed by atoms with van der Waals surface area (Å²) in [6, 6.07) is 7.80. The molecule has 3 N–H and O–H groups in total. The highest BCUT2D eigenvalue weighted by Crippen LogP contribution is 2.18. The van der Waals surface area contributed by atoms with Crippen molar-refractivity contribution in [3.05, 3.63) is 48.2 Å². The third kappa shape index (κ3) is 4.31. The van der Waals surface area contributed by atoms with Gasteiger partial charge in [0, 0.05) is 17.9 Å². The minimum absolute atomic E-state index is 0.117. The summed E-state index contributed by atoms with van der Waals surface area (Å²) < 4.78 is 18.6. The fourth-order valence-electron chi connectivity index (χ4n) is 1.58. The van der Waals surface area contributed by atoms with Crippen LogP contribution >= 0.6 is 11.8 Å². The zero-order valence-electron chi connectivity index (χ0n) is 10.8. The van der Waals surface area contributed by atoms with Gasteiger partial charge in [-0.1, -0.05) is 0 Å². The number of hydrogen-bond acceptors (Lipinski definition) is 4. The van der Waals surface area contributed by atoms with Crippen LogP contribution in [0.25, 0.3) is 0 Å². The van der Waals surface area contributed by atoms with Gasteiger partial charge in [-0.05, 0) is 30.3 Å². The van der Waals surface area contributed by atoms with E-state index in [0.29, 0.717) is 23.6 Å². The van der Waals surface area contributed by atoms with Crippen LogP contribution in [0.4, 0.5) is 15.8 Å². The zero-order chi connectivity index (χ0) is 14.4. The van der Waals surface area contributed by atoms with Gasteiger partial charge >= 0.3 is 0 Å². The lowest BCUT2D eigenvalue weighted by Gasteiger charge is -2.07. The van der Waals surface area contributed by atoms with Crippen LogP contribution in [0.2, 0.25) is 0 Å². The Hall–Kier alpha value is -1.95. The Labute approximate surface area is 120 Å². The largest absolute Gasteiger partial charge is 0.468 e. The number of thioether (sulfide) groups is 1. The molecule has 1 aromatic carbocycles. The topological polar surface area (TPSA) is 68.3 Å². The molecule has 0 radical (unpaired) electrons. The lowest BCUT2D eigenvalue weighted by atomic mass is 10.2. The van der Waals surface area contributed by atoms with Crippen molar-refractivity contribution in [2.45, 2.75) is 12.2 Å². The van der Waals surface area contributed by atoms with E-state index in [-0.39, 0.29) is 11.6 Å². The normalized spacial score (nSPS) is 10.4. The maximum Gasteiger partial charge on any atom is 0.225 e. The van der Waals surface area contributed by atoms with Crippen LogP contribution in [0.15, 0.2) is 41.0 Å². The number of nitrogens with two attached hydrogens (primary N) is 1. The first-order valence-electron chi connectivity index (χ1n) is 6.10. The van der Waals surface area contributed by atoms with Crippen molar-refractivity contribution < 1.29 is 13.6 Å². The van der Waals surface area contributed by atoms with E-state index in [9.17, 15) is 9.18 Å². The molecule has 0 atom stereocenters. The fourth-order valence-corrected chi connectivity index (χ4v) is 2.42. The first-order chi connectivity index (χ1) is 9.65. The molecule has 1 heterocycles. The Balaban J connectivity index is 1.73. The van der Waals surface area contributed by atoms with Crippen molar-refractivity contribution in [2.24, 2.45) is 0 Å². The van der Waals surface area contributed by atoms with Gasteiger partial charge in [-0.15, -0.1) is 0 Å². The Morgan fingerprint density at radius 2 is 2.25 bits per heavy atom. The third-order valence-electron chi connectivity index (χ3n) is 2.56. The van der Waals surface area contributed by atoms with Crippen molar-refractivity contribution in [1.29, 1.82) is 0 Å². The quantitative estimate of drug-likeness (QED) is 0.634. The van der Waals surface area contributed by atoms with Gasteiger partial charge in [-0.2, -0.15) is 11.8 Å². The number of amides is 1. The number of carbonyl (C=O) groups is 1. The molecule has 4 nitrogen and oxygen atoms in total. The summed E-state index contributed by atoms with van der Waals surface area (Å²) in [5, 5.41) is 2.51. The number of hydrogen-bond donors (Lipinski definition) is 2. The van der Waals surface area contributed by atoms with Crippen molar-refractivity contribution >= 4 is 29.0 Å². The van der Waals surface area contributed by atoms with E-state index >= 15 is 0 Å². The van der Waals surface area contributed by atoms with E-state index in [1.807, 2.05) is 12.1 Å². The van der Waals surface area contributed by atoms with Crippen LogP contribution in [0.3, 0.4) is 0 Å². The number of benzene rings is 1. The van der Waals surface area contributed by atoms with Gasteiger partial charge < -0.3 is 15.5 Å². The molecule has 6 heteroatoms. The highest BCUT2D eigenvalue weighted by atomic mass is 32.2. The summed E-state index contributed by atoms with van der Waals surface area (Å²) in [5.41, 5.74) is 6.07. The molecule has 106 valence electrons. The molecule has 0 unspecified atom stereocenters. The minimum Gasteiger partial charge on any atom is -0.468 e. The second-order valence-electron chi connectivity index (χ2n) is 4.17. The smallest absolute Gasteiger partial charge is 0.225 e. The van der Waals surface area contributed by atoms with Crippen molar-refractivity contribution in [2.75, 3.05) is 16.8 Å². The Bertz CT molecular complexity index is 573. The molecule has 0 saturated heterocycles. The molecule has 20 heavy (non-hydrogen) atoms.